The van der Waals surface area contributed by atoms with Crippen LogP contribution >= 0.6 is 0 Å². The summed E-state index contributed by atoms with van der Waals surface area (Å²) in [7, 11) is 1.71. The SMILES string of the molecule is CCN(CC)c1ccc(N2CC=C[C@]34O[C@@H]5/C=C\CCC(=O)N(C)[C@H](C)[C@@H](c6ccccc6)OC(=O)[C@@H]5[C@H]3C(=O)N(CCCO)[C@@H]4C2=O)cc1. The van der Waals surface area contributed by atoms with Crippen LogP contribution in [0, 0.1) is 11.8 Å². The fourth-order valence-corrected chi connectivity index (χ4v) is 8.03. The molecule has 2 fully saturated rings. The van der Waals surface area contributed by atoms with Crippen LogP contribution in [0.15, 0.2) is 78.9 Å². The molecule has 0 saturated carbocycles. The highest BCUT2D eigenvalue weighted by Crippen LogP contribution is 2.53. The van der Waals surface area contributed by atoms with E-state index in [4.69, 9.17) is 9.47 Å². The Morgan fingerprint density at radius 1 is 0.960 bits per heavy atom. The van der Waals surface area contributed by atoms with Crippen LogP contribution in [-0.4, -0.2) is 102 Å². The first-order valence-electron chi connectivity index (χ1n) is 17.8. The van der Waals surface area contributed by atoms with Gasteiger partial charge in [-0.1, -0.05) is 54.6 Å². The highest BCUT2D eigenvalue weighted by atomic mass is 16.6. The summed E-state index contributed by atoms with van der Waals surface area (Å²) >= 11 is 0. The van der Waals surface area contributed by atoms with Crippen LogP contribution in [0.4, 0.5) is 11.4 Å². The van der Waals surface area contributed by atoms with Gasteiger partial charge in [-0.3, -0.25) is 19.2 Å². The number of likely N-dealkylation sites (tertiary alicyclic amines) is 1. The number of fused-ring (bicyclic) bond motifs is 2. The minimum Gasteiger partial charge on any atom is -0.455 e. The second kappa shape index (κ2) is 14.8. The lowest BCUT2D eigenvalue weighted by Crippen LogP contribution is -2.55. The molecule has 2 aromatic carbocycles. The van der Waals surface area contributed by atoms with Gasteiger partial charge >= 0.3 is 5.97 Å². The lowest BCUT2D eigenvalue weighted by Gasteiger charge is -2.35. The number of benzene rings is 2. The number of rotatable bonds is 8. The predicted molar refractivity (Wildman–Crippen MR) is 189 cm³/mol. The number of ether oxygens (including phenoxy) is 2. The summed E-state index contributed by atoms with van der Waals surface area (Å²) in [5.74, 6) is -3.53. The van der Waals surface area contributed by atoms with E-state index in [-0.39, 0.29) is 50.3 Å². The van der Waals surface area contributed by atoms with Crippen molar-refractivity contribution < 1.29 is 33.8 Å². The average Bonchev–Trinajstić information content (AvgIpc) is 3.51. The van der Waals surface area contributed by atoms with E-state index in [0.717, 1.165) is 24.3 Å². The maximum Gasteiger partial charge on any atom is 0.313 e. The van der Waals surface area contributed by atoms with Crippen LogP contribution < -0.4 is 9.80 Å². The van der Waals surface area contributed by atoms with Crippen LogP contribution in [0.25, 0.3) is 0 Å². The van der Waals surface area contributed by atoms with Gasteiger partial charge in [0.25, 0.3) is 5.91 Å². The summed E-state index contributed by atoms with van der Waals surface area (Å²) in [6.45, 7) is 7.93. The van der Waals surface area contributed by atoms with Crippen molar-refractivity contribution in [2.24, 2.45) is 11.8 Å². The van der Waals surface area contributed by atoms with Crippen LogP contribution in [0.1, 0.15) is 51.7 Å². The number of allylic oxidation sites excluding steroid dienone is 1. The number of aliphatic hydroxyl groups is 1. The maximum absolute atomic E-state index is 14.8. The molecule has 0 aliphatic carbocycles. The number of cyclic esters (lactones) is 1. The van der Waals surface area contributed by atoms with Gasteiger partial charge in [0, 0.05) is 57.6 Å². The van der Waals surface area contributed by atoms with Gasteiger partial charge in [-0.2, -0.15) is 0 Å². The van der Waals surface area contributed by atoms with Gasteiger partial charge in [0.05, 0.1) is 18.1 Å². The summed E-state index contributed by atoms with van der Waals surface area (Å²) in [6, 6.07) is 15.5. The number of anilines is 2. The number of carbonyl (C=O) groups is 4. The molecule has 4 aliphatic heterocycles. The molecule has 4 heterocycles. The molecule has 7 atom stereocenters. The van der Waals surface area contributed by atoms with E-state index in [0.29, 0.717) is 12.1 Å². The molecule has 50 heavy (non-hydrogen) atoms. The Hall–Kier alpha value is -4.48. The fraction of sp³-hybridized carbons (Fsp3) is 0.487. The highest BCUT2D eigenvalue weighted by Gasteiger charge is 2.71. The number of nitrogens with zero attached hydrogens (tertiary/aromatic N) is 4. The summed E-state index contributed by atoms with van der Waals surface area (Å²) in [6.07, 6.45) is 6.42. The zero-order chi connectivity index (χ0) is 35.6. The number of amides is 3. The molecule has 0 bridgehead atoms. The number of esters is 1. The summed E-state index contributed by atoms with van der Waals surface area (Å²) in [5.41, 5.74) is 0.989. The van der Waals surface area contributed by atoms with Crippen LogP contribution in [0.2, 0.25) is 0 Å². The zero-order valence-electron chi connectivity index (χ0n) is 29.3. The van der Waals surface area contributed by atoms with E-state index in [2.05, 4.69) is 18.7 Å². The number of carbonyl (C=O) groups excluding carboxylic acids is 4. The Kier molecular flexibility index (Phi) is 10.5. The molecule has 0 unspecified atom stereocenters. The minimum absolute atomic E-state index is 0.0867. The van der Waals surface area contributed by atoms with Gasteiger partial charge in [-0.05, 0) is 63.4 Å². The third kappa shape index (κ3) is 6.21. The normalized spacial score (nSPS) is 30.5. The average molecular weight is 685 g/mol. The van der Waals surface area contributed by atoms with E-state index in [1.54, 1.807) is 29.0 Å². The largest absolute Gasteiger partial charge is 0.455 e. The lowest BCUT2D eigenvalue weighted by molar-refractivity contribution is -0.164. The van der Waals surface area contributed by atoms with Crippen molar-refractivity contribution in [1.29, 1.82) is 0 Å². The van der Waals surface area contributed by atoms with Crippen LogP contribution in [0.3, 0.4) is 0 Å². The van der Waals surface area contributed by atoms with Crippen molar-refractivity contribution in [1.82, 2.24) is 9.80 Å². The lowest BCUT2D eigenvalue weighted by atomic mass is 9.77. The maximum atomic E-state index is 14.8. The molecule has 3 amide bonds. The van der Waals surface area contributed by atoms with Crippen molar-refractivity contribution in [3.05, 3.63) is 84.5 Å². The monoisotopic (exact) mass is 684 g/mol. The first-order chi connectivity index (χ1) is 24.2. The third-order valence-corrected chi connectivity index (χ3v) is 10.8. The van der Waals surface area contributed by atoms with Gasteiger partial charge in [0.15, 0.2) is 0 Å². The van der Waals surface area contributed by atoms with E-state index in [1.807, 2.05) is 73.7 Å². The van der Waals surface area contributed by atoms with Gasteiger partial charge in [0.2, 0.25) is 11.8 Å². The van der Waals surface area contributed by atoms with Crippen LogP contribution in [-0.2, 0) is 28.7 Å². The molecular formula is C39H48N4O7. The van der Waals surface area contributed by atoms with Crippen molar-refractivity contribution in [3.63, 3.8) is 0 Å². The minimum atomic E-state index is -1.46. The molecule has 6 rings (SSSR count). The standard InChI is InChI=1S/C39H48N4O7/c1-5-41(6-2)28-18-20-29(21-19-28)42-23-12-22-39-33(36(46)43(24-13-25-44)35(39)37(42)47)32-30(50-39)16-10-11-17-31(45)40(4)26(3)34(49-38(32)48)27-14-8-7-9-15-27/h7-10,12,14-16,18-22,26,30,32-35,44H,5-6,11,13,17,23-25H2,1-4H3/b16-10-/t26-,30-,32+,33+,34+,35-,39+/m1/s1. The predicted octanol–water partition coefficient (Wildman–Crippen LogP) is 3.88. The van der Waals surface area contributed by atoms with E-state index >= 15 is 0 Å². The molecule has 11 heteroatoms. The fourth-order valence-electron chi connectivity index (χ4n) is 8.03. The van der Waals surface area contributed by atoms with Gasteiger partial charge in [0.1, 0.15) is 23.7 Å². The zero-order valence-corrected chi connectivity index (χ0v) is 29.3. The molecule has 2 saturated heterocycles. The first kappa shape index (κ1) is 35.3. The Morgan fingerprint density at radius 3 is 2.36 bits per heavy atom. The summed E-state index contributed by atoms with van der Waals surface area (Å²) < 4.78 is 13.1. The molecule has 0 aromatic heterocycles. The first-order valence-corrected chi connectivity index (χ1v) is 17.8. The third-order valence-electron chi connectivity index (χ3n) is 10.8. The second-order valence-corrected chi connectivity index (χ2v) is 13.5. The Balaban J connectivity index is 1.41. The quantitative estimate of drug-likeness (QED) is 0.329. The molecule has 4 aliphatic rings. The number of hydrogen-bond acceptors (Lipinski definition) is 8. The Morgan fingerprint density at radius 2 is 1.68 bits per heavy atom. The molecular weight excluding hydrogens is 636 g/mol. The van der Waals surface area contributed by atoms with Gasteiger partial charge in [-0.25, -0.2) is 0 Å². The van der Waals surface area contributed by atoms with E-state index in [9.17, 15) is 24.3 Å². The van der Waals surface area contributed by atoms with Gasteiger partial charge < -0.3 is 34.2 Å². The van der Waals surface area contributed by atoms with Crippen molar-refractivity contribution >= 4 is 35.1 Å². The van der Waals surface area contributed by atoms with Crippen molar-refractivity contribution in [2.45, 2.75) is 69.9 Å². The van der Waals surface area contributed by atoms with E-state index in [1.165, 1.54) is 4.90 Å². The molecule has 266 valence electrons. The smallest absolute Gasteiger partial charge is 0.313 e. The van der Waals surface area contributed by atoms with Gasteiger partial charge in [-0.15, -0.1) is 0 Å². The topological polar surface area (TPSA) is 120 Å². The Bertz CT molecular complexity index is 1620. The number of hydrogen-bond donors (Lipinski definition) is 1. The van der Waals surface area contributed by atoms with Crippen molar-refractivity contribution in [3.8, 4) is 0 Å². The molecule has 1 spiro atoms. The number of aliphatic hydroxyl groups excluding tert-OH is 1. The highest BCUT2D eigenvalue weighted by molar-refractivity contribution is 6.05. The molecule has 2 aromatic rings. The van der Waals surface area contributed by atoms with Crippen LogP contribution in [0.5, 0.6) is 0 Å². The summed E-state index contributed by atoms with van der Waals surface area (Å²) in [4.78, 5) is 64.0. The van der Waals surface area contributed by atoms with E-state index < -0.39 is 47.7 Å². The summed E-state index contributed by atoms with van der Waals surface area (Å²) in [5, 5.41) is 9.79. The second-order valence-electron chi connectivity index (χ2n) is 13.5. The van der Waals surface area contributed by atoms with Crippen molar-refractivity contribution in [2.75, 3.05) is 49.6 Å². The molecule has 0 radical (unpaired) electrons. The Labute approximate surface area is 294 Å². The number of likely N-dealkylation sites (N-methyl/N-ethyl adjacent to an activating group) is 1. The molecule has 11 nitrogen and oxygen atoms in total. The molecule has 1 N–H and O–H groups in total.